The molecule has 1 heterocycles. The average Bonchev–Trinajstić information content (AvgIpc) is 2.87. The van der Waals surface area contributed by atoms with E-state index in [0.717, 1.165) is 12.7 Å². The van der Waals surface area contributed by atoms with Gasteiger partial charge in [-0.15, -0.1) is 0 Å². The third-order valence-electron chi connectivity index (χ3n) is 3.21. The maximum absolute atomic E-state index is 10.6. The Morgan fingerprint density at radius 2 is 2.12 bits per heavy atom. The molecule has 1 aromatic rings. The first-order valence-electron chi connectivity index (χ1n) is 6.05. The highest BCUT2D eigenvalue weighted by atomic mass is 16.7. The molecule has 0 radical (unpaired) electrons. The van der Waals surface area contributed by atoms with Crippen molar-refractivity contribution in [3.05, 3.63) is 35.4 Å². The van der Waals surface area contributed by atoms with Gasteiger partial charge in [-0.05, 0) is 17.5 Å². The van der Waals surface area contributed by atoms with Crippen LogP contribution in [0.3, 0.4) is 0 Å². The minimum absolute atomic E-state index is 0.144. The van der Waals surface area contributed by atoms with Crippen LogP contribution in [-0.2, 0) is 20.7 Å². The molecule has 0 saturated carbocycles. The Hall–Kier alpha value is -1.19. The van der Waals surface area contributed by atoms with Gasteiger partial charge < -0.3 is 14.3 Å². The minimum Gasteiger partial charge on any atom is -0.349 e. The second-order valence-corrected chi connectivity index (χ2v) is 4.40. The maximum Gasteiger partial charge on any atom is 0.165 e. The van der Waals surface area contributed by atoms with Crippen LogP contribution in [0.4, 0.5) is 0 Å². The fourth-order valence-corrected chi connectivity index (χ4v) is 1.99. The number of aryl methyl sites for hydroxylation is 1. The first kappa shape index (κ1) is 12.3. The van der Waals surface area contributed by atoms with Crippen molar-refractivity contribution < 1.29 is 14.3 Å². The lowest BCUT2D eigenvalue weighted by Crippen LogP contribution is -2.19. The Labute approximate surface area is 102 Å². The molecule has 0 amide bonds. The number of rotatable bonds is 4. The molecule has 1 aliphatic rings. The molecule has 3 unspecified atom stereocenters. The van der Waals surface area contributed by atoms with E-state index in [-0.39, 0.29) is 12.2 Å². The Kier molecular flexibility index (Phi) is 3.92. The molecule has 1 saturated heterocycles. The predicted molar refractivity (Wildman–Crippen MR) is 64.9 cm³/mol. The van der Waals surface area contributed by atoms with Crippen LogP contribution in [0.25, 0.3) is 0 Å². The number of hydrogen-bond donors (Lipinski definition) is 0. The molecule has 3 heteroatoms. The molecule has 3 nitrogen and oxygen atoms in total. The van der Waals surface area contributed by atoms with Crippen LogP contribution in [0.1, 0.15) is 30.9 Å². The van der Waals surface area contributed by atoms with Crippen LogP contribution < -0.4 is 0 Å². The molecule has 0 aliphatic carbocycles. The van der Waals surface area contributed by atoms with Gasteiger partial charge in [0.2, 0.25) is 0 Å². The number of carbonyl (C=O) groups excluding carboxylic acids is 1. The van der Waals surface area contributed by atoms with E-state index in [4.69, 9.17) is 9.47 Å². The van der Waals surface area contributed by atoms with Crippen LogP contribution in [0.15, 0.2) is 24.3 Å². The van der Waals surface area contributed by atoms with Gasteiger partial charge in [-0.2, -0.15) is 0 Å². The SMILES string of the molecule is CCc1ccc(C(C)C2OCC(C=O)O2)cc1. The number of carbonyl (C=O) groups is 1. The summed E-state index contributed by atoms with van der Waals surface area (Å²) in [7, 11) is 0. The predicted octanol–water partition coefficient (Wildman–Crippen LogP) is 2.29. The summed E-state index contributed by atoms with van der Waals surface area (Å²) in [5.41, 5.74) is 2.50. The molecule has 3 atom stereocenters. The van der Waals surface area contributed by atoms with Crippen LogP contribution in [0, 0.1) is 0 Å². The zero-order valence-electron chi connectivity index (χ0n) is 10.3. The lowest BCUT2D eigenvalue weighted by atomic mass is 9.99. The van der Waals surface area contributed by atoms with E-state index < -0.39 is 6.10 Å². The van der Waals surface area contributed by atoms with Gasteiger partial charge in [0, 0.05) is 5.92 Å². The molecule has 2 rings (SSSR count). The zero-order valence-corrected chi connectivity index (χ0v) is 10.3. The fourth-order valence-electron chi connectivity index (χ4n) is 1.99. The molecule has 0 N–H and O–H groups in total. The molecule has 17 heavy (non-hydrogen) atoms. The van der Waals surface area contributed by atoms with E-state index in [2.05, 4.69) is 38.1 Å². The lowest BCUT2D eigenvalue weighted by Gasteiger charge is -2.18. The third-order valence-corrected chi connectivity index (χ3v) is 3.21. The molecular weight excluding hydrogens is 216 g/mol. The lowest BCUT2D eigenvalue weighted by molar-refractivity contribution is -0.120. The van der Waals surface area contributed by atoms with Crippen molar-refractivity contribution in [2.45, 2.75) is 38.6 Å². The molecule has 1 aromatic carbocycles. The van der Waals surface area contributed by atoms with Gasteiger partial charge in [-0.1, -0.05) is 38.1 Å². The Morgan fingerprint density at radius 3 is 2.65 bits per heavy atom. The van der Waals surface area contributed by atoms with E-state index in [9.17, 15) is 4.79 Å². The molecular formula is C14H18O3. The number of hydrogen-bond acceptors (Lipinski definition) is 3. The average molecular weight is 234 g/mol. The molecule has 92 valence electrons. The van der Waals surface area contributed by atoms with Gasteiger partial charge >= 0.3 is 0 Å². The van der Waals surface area contributed by atoms with Gasteiger partial charge in [0.1, 0.15) is 6.10 Å². The summed E-state index contributed by atoms with van der Waals surface area (Å²) < 4.78 is 11.0. The summed E-state index contributed by atoms with van der Waals surface area (Å²) in [6.45, 7) is 4.56. The minimum atomic E-state index is -0.405. The largest absolute Gasteiger partial charge is 0.349 e. The van der Waals surface area contributed by atoms with Crippen molar-refractivity contribution in [2.75, 3.05) is 6.61 Å². The van der Waals surface area contributed by atoms with Crippen molar-refractivity contribution in [1.29, 1.82) is 0 Å². The standard InChI is InChI=1S/C14H18O3/c1-3-11-4-6-12(7-5-11)10(2)14-16-9-13(8-15)17-14/h4-8,10,13-14H,3,9H2,1-2H3. The number of ether oxygens (including phenoxy) is 2. The van der Waals surface area contributed by atoms with Gasteiger partial charge in [0.25, 0.3) is 0 Å². The highest BCUT2D eigenvalue weighted by Gasteiger charge is 2.30. The highest BCUT2D eigenvalue weighted by molar-refractivity contribution is 5.56. The topological polar surface area (TPSA) is 35.5 Å². The quantitative estimate of drug-likeness (QED) is 0.750. The fraction of sp³-hybridized carbons (Fsp3) is 0.500. The molecule has 1 aliphatic heterocycles. The van der Waals surface area contributed by atoms with Crippen molar-refractivity contribution in [3.63, 3.8) is 0 Å². The molecule has 1 fully saturated rings. The van der Waals surface area contributed by atoms with Gasteiger partial charge in [0.05, 0.1) is 6.61 Å². The first-order valence-corrected chi connectivity index (χ1v) is 6.05. The summed E-state index contributed by atoms with van der Waals surface area (Å²) in [6, 6.07) is 8.45. The van der Waals surface area contributed by atoms with Crippen molar-refractivity contribution in [1.82, 2.24) is 0 Å². The second kappa shape index (κ2) is 5.43. The smallest absolute Gasteiger partial charge is 0.165 e. The normalized spacial score (nSPS) is 25.8. The van der Waals surface area contributed by atoms with Crippen molar-refractivity contribution in [2.24, 2.45) is 0 Å². The summed E-state index contributed by atoms with van der Waals surface area (Å²) in [5.74, 6) is 0.144. The van der Waals surface area contributed by atoms with E-state index >= 15 is 0 Å². The summed E-state index contributed by atoms with van der Waals surface area (Å²) >= 11 is 0. The van der Waals surface area contributed by atoms with Gasteiger partial charge in [0.15, 0.2) is 12.6 Å². The van der Waals surface area contributed by atoms with Crippen LogP contribution in [-0.4, -0.2) is 25.3 Å². The van der Waals surface area contributed by atoms with E-state index in [1.807, 2.05) is 0 Å². The van der Waals surface area contributed by atoms with E-state index in [0.29, 0.717) is 6.61 Å². The first-order chi connectivity index (χ1) is 8.24. The Bertz CT molecular complexity index is 372. The van der Waals surface area contributed by atoms with Gasteiger partial charge in [-0.25, -0.2) is 0 Å². The molecule has 0 spiro atoms. The summed E-state index contributed by atoms with van der Waals surface area (Å²) in [5, 5.41) is 0. The maximum atomic E-state index is 10.6. The monoisotopic (exact) mass is 234 g/mol. The zero-order chi connectivity index (χ0) is 12.3. The summed E-state index contributed by atoms with van der Waals surface area (Å²) in [4.78, 5) is 10.6. The van der Waals surface area contributed by atoms with Crippen LogP contribution in [0.2, 0.25) is 0 Å². The summed E-state index contributed by atoms with van der Waals surface area (Å²) in [6.07, 6.45) is 1.13. The Morgan fingerprint density at radius 1 is 1.41 bits per heavy atom. The van der Waals surface area contributed by atoms with Crippen LogP contribution in [0.5, 0.6) is 0 Å². The Balaban J connectivity index is 2.03. The number of aldehydes is 1. The van der Waals surface area contributed by atoms with Crippen molar-refractivity contribution in [3.8, 4) is 0 Å². The van der Waals surface area contributed by atoms with Crippen molar-refractivity contribution >= 4 is 6.29 Å². The van der Waals surface area contributed by atoms with Crippen LogP contribution >= 0.6 is 0 Å². The van der Waals surface area contributed by atoms with E-state index in [1.165, 1.54) is 11.1 Å². The van der Waals surface area contributed by atoms with E-state index in [1.54, 1.807) is 0 Å². The second-order valence-electron chi connectivity index (χ2n) is 4.40. The van der Waals surface area contributed by atoms with Gasteiger partial charge in [-0.3, -0.25) is 0 Å². The molecule has 0 aromatic heterocycles. The number of benzene rings is 1. The third kappa shape index (κ3) is 2.73. The molecule has 0 bridgehead atoms. The highest BCUT2D eigenvalue weighted by Crippen LogP contribution is 2.27.